The van der Waals surface area contributed by atoms with Crippen molar-refractivity contribution in [1.29, 1.82) is 0 Å². The number of imidazole rings is 1. The molecule has 102 valence electrons. The summed E-state index contributed by atoms with van der Waals surface area (Å²) in [6.45, 7) is 3.49. The Hall–Kier alpha value is -0.790. The van der Waals surface area contributed by atoms with E-state index in [1.807, 2.05) is 12.5 Å². The lowest BCUT2D eigenvalue weighted by molar-refractivity contribution is 0.322. The zero-order valence-corrected chi connectivity index (χ0v) is 11.9. The van der Waals surface area contributed by atoms with Crippen LogP contribution >= 0.6 is 0 Å². The van der Waals surface area contributed by atoms with Crippen molar-refractivity contribution in [2.75, 3.05) is 0 Å². The summed E-state index contributed by atoms with van der Waals surface area (Å²) in [6, 6.07) is 0. The molecule has 1 unspecified atom stereocenters. The largest absolute Gasteiger partial charge is 0.337 e. The van der Waals surface area contributed by atoms with Crippen LogP contribution in [-0.4, -0.2) is 9.55 Å². The molecule has 2 nitrogen and oxygen atoms in total. The lowest BCUT2D eigenvalue weighted by Crippen LogP contribution is -2.08. The SMILES string of the molecule is CC(CCCCC1CCCCC1)Cn1ccnc1. The first-order chi connectivity index (χ1) is 8.84. The molecular weight excluding hydrogens is 220 g/mol. The van der Waals surface area contributed by atoms with Gasteiger partial charge >= 0.3 is 0 Å². The van der Waals surface area contributed by atoms with E-state index in [4.69, 9.17) is 0 Å². The number of unbranched alkanes of at least 4 members (excludes halogenated alkanes) is 1. The zero-order chi connectivity index (χ0) is 12.6. The van der Waals surface area contributed by atoms with E-state index in [9.17, 15) is 0 Å². The second-order valence-electron chi connectivity index (χ2n) is 6.15. The molecule has 2 heteroatoms. The normalized spacial score (nSPS) is 18.9. The highest BCUT2D eigenvalue weighted by atomic mass is 15.0. The summed E-state index contributed by atoms with van der Waals surface area (Å²) in [7, 11) is 0. The Morgan fingerprint density at radius 3 is 2.78 bits per heavy atom. The van der Waals surface area contributed by atoms with Crippen molar-refractivity contribution in [3.63, 3.8) is 0 Å². The smallest absolute Gasteiger partial charge is 0.0945 e. The fourth-order valence-corrected chi connectivity index (χ4v) is 3.25. The van der Waals surface area contributed by atoms with Crippen molar-refractivity contribution in [3.8, 4) is 0 Å². The minimum Gasteiger partial charge on any atom is -0.337 e. The van der Waals surface area contributed by atoms with E-state index in [-0.39, 0.29) is 0 Å². The summed E-state index contributed by atoms with van der Waals surface area (Å²) in [4.78, 5) is 4.10. The van der Waals surface area contributed by atoms with Crippen molar-refractivity contribution in [2.45, 2.75) is 71.3 Å². The van der Waals surface area contributed by atoms with Crippen molar-refractivity contribution in [2.24, 2.45) is 11.8 Å². The second-order valence-corrected chi connectivity index (χ2v) is 6.15. The van der Waals surface area contributed by atoms with Gasteiger partial charge in [0, 0.05) is 18.9 Å². The Kier molecular flexibility index (Phi) is 5.76. The van der Waals surface area contributed by atoms with Crippen molar-refractivity contribution in [3.05, 3.63) is 18.7 Å². The Labute approximate surface area is 112 Å². The maximum absolute atomic E-state index is 4.10. The van der Waals surface area contributed by atoms with Crippen LogP contribution in [0.5, 0.6) is 0 Å². The van der Waals surface area contributed by atoms with E-state index in [1.165, 1.54) is 57.8 Å². The molecule has 1 saturated carbocycles. The van der Waals surface area contributed by atoms with Gasteiger partial charge in [0.1, 0.15) is 0 Å². The molecule has 0 amide bonds. The molecule has 1 aromatic rings. The highest BCUT2D eigenvalue weighted by Gasteiger charge is 2.12. The summed E-state index contributed by atoms with van der Waals surface area (Å²) >= 11 is 0. The van der Waals surface area contributed by atoms with Crippen LogP contribution < -0.4 is 0 Å². The number of hydrogen-bond acceptors (Lipinski definition) is 1. The molecule has 0 bridgehead atoms. The zero-order valence-electron chi connectivity index (χ0n) is 11.9. The highest BCUT2D eigenvalue weighted by molar-refractivity contribution is 4.75. The van der Waals surface area contributed by atoms with E-state index in [1.54, 1.807) is 0 Å². The summed E-state index contributed by atoms with van der Waals surface area (Å²) in [5.41, 5.74) is 0. The van der Waals surface area contributed by atoms with Crippen LogP contribution in [0.25, 0.3) is 0 Å². The van der Waals surface area contributed by atoms with Crippen LogP contribution in [0.1, 0.15) is 64.7 Å². The monoisotopic (exact) mass is 248 g/mol. The van der Waals surface area contributed by atoms with Crippen molar-refractivity contribution >= 4 is 0 Å². The van der Waals surface area contributed by atoms with Gasteiger partial charge < -0.3 is 4.57 Å². The summed E-state index contributed by atoms with van der Waals surface area (Å²) in [5.74, 6) is 1.84. The highest BCUT2D eigenvalue weighted by Crippen LogP contribution is 2.28. The number of rotatable bonds is 7. The van der Waals surface area contributed by atoms with E-state index in [0.29, 0.717) is 0 Å². The van der Waals surface area contributed by atoms with E-state index >= 15 is 0 Å². The first-order valence-electron chi connectivity index (χ1n) is 7.80. The first-order valence-corrected chi connectivity index (χ1v) is 7.80. The van der Waals surface area contributed by atoms with Crippen LogP contribution in [0.3, 0.4) is 0 Å². The lowest BCUT2D eigenvalue weighted by atomic mass is 9.85. The van der Waals surface area contributed by atoms with Gasteiger partial charge in [0.25, 0.3) is 0 Å². The third kappa shape index (κ3) is 4.83. The van der Waals surface area contributed by atoms with E-state index < -0.39 is 0 Å². The number of hydrogen-bond donors (Lipinski definition) is 0. The Morgan fingerprint density at radius 1 is 1.22 bits per heavy atom. The maximum Gasteiger partial charge on any atom is 0.0945 e. The quantitative estimate of drug-likeness (QED) is 0.642. The molecule has 0 saturated heterocycles. The molecule has 1 aliphatic rings. The van der Waals surface area contributed by atoms with Gasteiger partial charge in [-0.3, -0.25) is 0 Å². The molecule has 0 N–H and O–H groups in total. The molecule has 1 aromatic heterocycles. The van der Waals surface area contributed by atoms with Gasteiger partial charge in [0.2, 0.25) is 0 Å². The number of nitrogens with zero attached hydrogens (tertiary/aromatic N) is 2. The van der Waals surface area contributed by atoms with Gasteiger partial charge in [-0.15, -0.1) is 0 Å². The van der Waals surface area contributed by atoms with Gasteiger partial charge in [-0.2, -0.15) is 0 Å². The Bertz CT molecular complexity index is 299. The predicted molar refractivity (Wildman–Crippen MR) is 76.4 cm³/mol. The van der Waals surface area contributed by atoms with Gasteiger partial charge in [0.05, 0.1) is 6.33 Å². The molecule has 1 heterocycles. The Balaban J connectivity index is 1.52. The minimum absolute atomic E-state index is 0.783. The fraction of sp³-hybridized carbons (Fsp3) is 0.812. The average molecular weight is 248 g/mol. The standard InChI is InChI=1S/C16H28N2/c1-15(13-18-12-11-17-14-18)7-5-6-10-16-8-3-2-4-9-16/h11-12,14-16H,2-10,13H2,1H3. The van der Waals surface area contributed by atoms with Gasteiger partial charge in [-0.05, 0) is 18.3 Å². The predicted octanol–water partition coefficient (Wildman–Crippen LogP) is 4.66. The van der Waals surface area contributed by atoms with Crippen molar-refractivity contribution < 1.29 is 0 Å². The topological polar surface area (TPSA) is 17.8 Å². The molecule has 0 spiro atoms. The molecule has 0 radical (unpaired) electrons. The van der Waals surface area contributed by atoms with Crippen LogP contribution in [0.2, 0.25) is 0 Å². The first kappa shape index (κ1) is 13.6. The van der Waals surface area contributed by atoms with Crippen LogP contribution in [0.15, 0.2) is 18.7 Å². The second kappa shape index (κ2) is 7.60. The van der Waals surface area contributed by atoms with Crippen LogP contribution in [0.4, 0.5) is 0 Å². The molecule has 0 aromatic carbocycles. The molecule has 0 aliphatic heterocycles. The van der Waals surface area contributed by atoms with Gasteiger partial charge in [0.15, 0.2) is 0 Å². The van der Waals surface area contributed by atoms with Gasteiger partial charge in [-0.1, -0.05) is 58.3 Å². The molecule has 1 atom stereocenters. The summed E-state index contributed by atoms with van der Waals surface area (Å²) < 4.78 is 2.20. The third-order valence-electron chi connectivity index (χ3n) is 4.37. The summed E-state index contributed by atoms with van der Waals surface area (Å²) in [6.07, 6.45) is 19.0. The van der Waals surface area contributed by atoms with Crippen LogP contribution in [-0.2, 0) is 6.54 Å². The molecule has 2 rings (SSSR count). The van der Waals surface area contributed by atoms with E-state index in [0.717, 1.165) is 18.4 Å². The molecule has 1 aliphatic carbocycles. The lowest BCUT2D eigenvalue weighted by Gasteiger charge is -2.21. The minimum atomic E-state index is 0.783. The number of aromatic nitrogens is 2. The van der Waals surface area contributed by atoms with Crippen molar-refractivity contribution in [1.82, 2.24) is 9.55 Å². The van der Waals surface area contributed by atoms with Gasteiger partial charge in [-0.25, -0.2) is 4.98 Å². The molecule has 1 fully saturated rings. The average Bonchev–Trinajstić information content (AvgIpc) is 2.89. The third-order valence-corrected chi connectivity index (χ3v) is 4.37. The Morgan fingerprint density at radius 2 is 2.06 bits per heavy atom. The van der Waals surface area contributed by atoms with E-state index in [2.05, 4.69) is 22.7 Å². The van der Waals surface area contributed by atoms with Crippen LogP contribution in [0, 0.1) is 11.8 Å². The fourth-order valence-electron chi connectivity index (χ4n) is 3.25. The maximum atomic E-state index is 4.10. The molecular formula is C16H28N2. The summed E-state index contributed by atoms with van der Waals surface area (Å²) in [5, 5.41) is 0. The molecule has 18 heavy (non-hydrogen) atoms.